The monoisotopic (exact) mass is 204 g/mol. The summed E-state index contributed by atoms with van der Waals surface area (Å²) in [4.78, 5) is 0. The predicted octanol–water partition coefficient (Wildman–Crippen LogP) is 1.71. The largest absolute Gasteiger partial charge is 0.392 e. The van der Waals surface area contributed by atoms with Crippen LogP contribution in [-0.4, -0.2) is 26.7 Å². The molecule has 1 rings (SSSR count). The number of aliphatic hydroxyl groups excluding tert-OH is 1. The van der Waals surface area contributed by atoms with Gasteiger partial charge in [0.2, 0.25) is 0 Å². The molecule has 0 spiro atoms. The van der Waals surface area contributed by atoms with E-state index < -0.39 is 0 Å². The lowest BCUT2D eigenvalue weighted by Gasteiger charge is -2.10. The summed E-state index contributed by atoms with van der Waals surface area (Å²) in [6, 6.07) is 0. The number of aliphatic hydroxyl groups is 1. The normalized spacial score (nSPS) is 16.0. The van der Waals surface area contributed by atoms with Crippen LogP contribution in [0.15, 0.2) is 4.34 Å². The van der Waals surface area contributed by atoms with Crippen LogP contribution in [0.4, 0.5) is 0 Å². The number of rotatable bonds is 3. The van der Waals surface area contributed by atoms with E-state index in [-0.39, 0.29) is 11.4 Å². The van der Waals surface area contributed by atoms with Crippen molar-refractivity contribution in [2.75, 3.05) is 0 Å². The van der Waals surface area contributed by atoms with E-state index in [1.165, 1.54) is 0 Å². The molecule has 0 amide bonds. The molecule has 1 heterocycles. The fourth-order valence-corrected chi connectivity index (χ4v) is 2.61. The zero-order valence-corrected chi connectivity index (χ0v) is 8.95. The maximum absolute atomic E-state index is 9.22. The van der Waals surface area contributed by atoms with E-state index in [0.717, 1.165) is 9.35 Å². The summed E-state index contributed by atoms with van der Waals surface area (Å²) < 4.78 is 0.931. The van der Waals surface area contributed by atoms with Gasteiger partial charge in [0.05, 0.1) is 6.10 Å². The van der Waals surface area contributed by atoms with Crippen molar-refractivity contribution in [3.8, 4) is 0 Å². The van der Waals surface area contributed by atoms with Gasteiger partial charge in [0, 0.05) is 5.25 Å². The molecule has 0 radical (unpaired) electrons. The van der Waals surface area contributed by atoms with Crippen LogP contribution in [0.25, 0.3) is 0 Å². The highest BCUT2D eigenvalue weighted by atomic mass is 32.2. The zero-order valence-electron chi connectivity index (χ0n) is 7.31. The van der Waals surface area contributed by atoms with Gasteiger partial charge in [-0.2, -0.15) is 0 Å². The van der Waals surface area contributed by atoms with Crippen LogP contribution in [0.5, 0.6) is 0 Å². The molecule has 0 fully saturated rings. The molecule has 2 atom stereocenters. The summed E-state index contributed by atoms with van der Waals surface area (Å²) >= 11 is 3.13. The molecule has 5 heteroatoms. The highest BCUT2D eigenvalue weighted by Crippen LogP contribution is 2.27. The van der Waals surface area contributed by atoms with E-state index in [9.17, 15) is 5.11 Å². The first-order valence-corrected chi connectivity index (χ1v) is 5.44. The molecule has 12 heavy (non-hydrogen) atoms. The van der Waals surface area contributed by atoms with Gasteiger partial charge in [-0.15, -0.1) is 10.2 Å². The molecule has 3 nitrogen and oxygen atoms in total. The predicted molar refractivity (Wildman–Crippen MR) is 51.6 cm³/mol. The molecule has 0 saturated heterocycles. The van der Waals surface area contributed by atoms with Gasteiger partial charge in [-0.25, -0.2) is 0 Å². The third-order valence-electron chi connectivity index (χ3n) is 1.47. The van der Waals surface area contributed by atoms with Crippen molar-refractivity contribution in [2.45, 2.75) is 36.5 Å². The van der Waals surface area contributed by atoms with Gasteiger partial charge in [0.25, 0.3) is 0 Å². The lowest BCUT2D eigenvalue weighted by molar-refractivity contribution is 0.196. The number of aryl methyl sites for hydroxylation is 1. The third kappa shape index (κ3) is 2.73. The standard InChI is InChI=1S/C7H12N2OS2/c1-4(10)5(2)11-7-9-8-6(3)12-7/h4-5,10H,1-3H3. The first-order chi connectivity index (χ1) is 5.59. The Kier molecular flexibility index (Phi) is 3.49. The number of hydrogen-bond donors (Lipinski definition) is 1. The topological polar surface area (TPSA) is 46.0 Å². The Bertz CT molecular complexity index is 249. The molecular weight excluding hydrogens is 192 g/mol. The van der Waals surface area contributed by atoms with Crippen LogP contribution in [0.2, 0.25) is 0 Å². The molecule has 0 aliphatic heterocycles. The first kappa shape index (κ1) is 9.95. The number of hydrogen-bond acceptors (Lipinski definition) is 5. The smallest absolute Gasteiger partial charge is 0.174 e. The first-order valence-electron chi connectivity index (χ1n) is 3.74. The van der Waals surface area contributed by atoms with Crippen LogP contribution in [-0.2, 0) is 0 Å². The molecule has 0 aliphatic carbocycles. The average Bonchev–Trinajstić information content (AvgIpc) is 2.35. The Morgan fingerprint density at radius 3 is 2.50 bits per heavy atom. The van der Waals surface area contributed by atoms with Crippen molar-refractivity contribution in [3.05, 3.63) is 5.01 Å². The van der Waals surface area contributed by atoms with Crippen molar-refractivity contribution in [3.63, 3.8) is 0 Å². The number of nitrogens with zero attached hydrogens (tertiary/aromatic N) is 2. The van der Waals surface area contributed by atoms with Crippen LogP contribution in [0.3, 0.4) is 0 Å². The summed E-state index contributed by atoms with van der Waals surface area (Å²) in [6.07, 6.45) is -0.306. The van der Waals surface area contributed by atoms with Crippen molar-refractivity contribution >= 4 is 23.1 Å². The van der Waals surface area contributed by atoms with Gasteiger partial charge in [-0.3, -0.25) is 0 Å². The number of thioether (sulfide) groups is 1. The molecule has 0 bridgehead atoms. The molecule has 0 aromatic carbocycles. The zero-order chi connectivity index (χ0) is 9.14. The summed E-state index contributed by atoms with van der Waals surface area (Å²) in [7, 11) is 0. The lowest BCUT2D eigenvalue weighted by atomic mass is 10.3. The van der Waals surface area contributed by atoms with Gasteiger partial charge >= 0.3 is 0 Å². The molecule has 1 aromatic heterocycles. The highest BCUT2D eigenvalue weighted by Gasteiger charge is 2.12. The van der Waals surface area contributed by atoms with Crippen LogP contribution < -0.4 is 0 Å². The average molecular weight is 204 g/mol. The fraction of sp³-hybridized carbons (Fsp3) is 0.714. The Labute approximate surface area is 80.2 Å². The second-order valence-corrected chi connectivity index (χ2v) is 5.46. The molecule has 2 unspecified atom stereocenters. The van der Waals surface area contributed by atoms with Gasteiger partial charge < -0.3 is 5.11 Å². The van der Waals surface area contributed by atoms with E-state index >= 15 is 0 Å². The fourth-order valence-electron chi connectivity index (χ4n) is 0.584. The third-order valence-corrected chi connectivity index (χ3v) is 3.69. The van der Waals surface area contributed by atoms with Gasteiger partial charge in [0.15, 0.2) is 4.34 Å². The van der Waals surface area contributed by atoms with Gasteiger partial charge in [-0.1, -0.05) is 30.0 Å². The Morgan fingerprint density at radius 1 is 1.42 bits per heavy atom. The minimum Gasteiger partial charge on any atom is -0.392 e. The summed E-state index contributed by atoms with van der Waals surface area (Å²) in [5.74, 6) is 0. The second kappa shape index (κ2) is 4.20. The summed E-state index contributed by atoms with van der Waals surface area (Å²) in [5, 5.41) is 18.2. The Morgan fingerprint density at radius 2 is 2.08 bits per heavy atom. The van der Waals surface area contributed by atoms with Crippen molar-refractivity contribution in [2.24, 2.45) is 0 Å². The quantitative estimate of drug-likeness (QED) is 0.761. The van der Waals surface area contributed by atoms with E-state index in [1.54, 1.807) is 30.0 Å². The molecule has 0 saturated carbocycles. The van der Waals surface area contributed by atoms with Crippen LogP contribution >= 0.6 is 23.1 Å². The van der Waals surface area contributed by atoms with Crippen molar-refractivity contribution in [1.29, 1.82) is 0 Å². The molecule has 68 valence electrons. The molecule has 1 aromatic rings. The summed E-state index contributed by atoms with van der Waals surface area (Å²) in [6.45, 7) is 5.69. The Hall–Kier alpha value is -0.130. The van der Waals surface area contributed by atoms with Crippen molar-refractivity contribution in [1.82, 2.24) is 10.2 Å². The second-order valence-electron chi connectivity index (χ2n) is 2.65. The van der Waals surface area contributed by atoms with Crippen LogP contribution in [0, 0.1) is 6.92 Å². The van der Waals surface area contributed by atoms with E-state index in [0.29, 0.717) is 0 Å². The van der Waals surface area contributed by atoms with E-state index in [1.807, 2.05) is 13.8 Å². The van der Waals surface area contributed by atoms with Crippen molar-refractivity contribution < 1.29 is 5.11 Å². The molecule has 1 N–H and O–H groups in total. The maximum Gasteiger partial charge on any atom is 0.174 e. The number of aromatic nitrogens is 2. The molecular formula is C7H12N2OS2. The van der Waals surface area contributed by atoms with E-state index in [2.05, 4.69) is 10.2 Å². The van der Waals surface area contributed by atoms with Gasteiger partial charge in [-0.05, 0) is 13.8 Å². The highest BCUT2D eigenvalue weighted by molar-refractivity contribution is 8.01. The minimum absolute atomic E-state index is 0.178. The maximum atomic E-state index is 9.22. The summed E-state index contributed by atoms with van der Waals surface area (Å²) in [5.41, 5.74) is 0. The minimum atomic E-state index is -0.306. The SMILES string of the molecule is Cc1nnc(SC(C)C(C)O)s1. The molecule has 0 aliphatic rings. The van der Waals surface area contributed by atoms with E-state index in [4.69, 9.17) is 0 Å². The Balaban J connectivity index is 2.52. The van der Waals surface area contributed by atoms with Crippen LogP contribution in [0.1, 0.15) is 18.9 Å². The van der Waals surface area contributed by atoms with Gasteiger partial charge in [0.1, 0.15) is 5.01 Å². The lowest BCUT2D eigenvalue weighted by Crippen LogP contribution is -2.14.